The summed E-state index contributed by atoms with van der Waals surface area (Å²) in [5.41, 5.74) is 0.611. The molecule has 0 atom stereocenters. The van der Waals surface area contributed by atoms with Gasteiger partial charge in [0.15, 0.2) is 0 Å². The lowest BCUT2D eigenvalue weighted by atomic mass is 10.1. The lowest BCUT2D eigenvalue weighted by Gasteiger charge is -2.13. The van der Waals surface area contributed by atoms with Crippen molar-refractivity contribution in [2.24, 2.45) is 5.41 Å². The van der Waals surface area contributed by atoms with Gasteiger partial charge in [0.05, 0.1) is 5.56 Å². The van der Waals surface area contributed by atoms with Gasteiger partial charge in [-0.3, -0.25) is 4.79 Å². The summed E-state index contributed by atoms with van der Waals surface area (Å²) in [6.45, 7) is 0.600. The Morgan fingerprint density at radius 2 is 2.24 bits per heavy atom. The number of hydrogen-bond donors (Lipinski definition) is 1. The molecule has 2 rings (SSSR count). The minimum absolute atomic E-state index is 0.0999. The quantitative estimate of drug-likeness (QED) is 0.643. The molecule has 5 heteroatoms. The fraction of sp³-hybridized carbons (Fsp3) is 0.417. The number of rotatable bonds is 4. The first-order valence-corrected chi connectivity index (χ1v) is 6.97. The van der Waals surface area contributed by atoms with E-state index in [2.05, 4.69) is 5.32 Å². The van der Waals surface area contributed by atoms with Crippen molar-refractivity contribution in [2.45, 2.75) is 12.8 Å². The summed E-state index contributed by atoms with van der Waals surface area (Å²) >= 11 is 7.79. The van der Waals surface area contributed by atoms with Gasteiger partial charge >= 0.3 is 0 Å². The second kappa shape index (κ2) is 5.10. The van der Waals surface area contributed by atoms with Gasteiger partial charge in [-0.25, -0.2) is 4.39 Å². The first kappa shape index (κ1) is 13.1. The van der Waals surface area contributed by atoms with E-state index < -0.39 is 0 Å². The average molecular weight is 368 g/mol. The minimum Gasteiger partial charge on any atom is -0.351 e. The second-order valence-corrected chi connectivity index (χ2v) is 5.87. The molecule has 0 aromatic heterocycles. The van der Waals surface area contributed by atoms with Crippen LogP contribution >= 0.6 is 34.2 Å². The van der Waals surface area contributed by atoms with Crippen LogP contribution in [0.4, 0.5) is 4.39 Å². The molecule has 1 aliphatic rings. The molecule has 17 heavy (non-hydrogen) atoms. The first-order valence-electron chi connectivity index (χ1n) is 5.36. The molecule has 0 unspecified atom stereocenters. The van der Waals surface area contributed by atoms with Crippen LogP contribution in [-0.2, 0) is 0 Å². The third-order valence-electron chi connectivity index (χ3n) is 3.04. The predicted octanol–water partition coefficient (Wildman–Crippen LogP) is 3.18. The van der Waals surface area contributed by atoms with Gasteiger partial charge in [-0.05, 0) is 53.6 Å². The van der Waals surface area contributed by atoms with Gasteiger partial charge in [0.2, 0.25) is 0 Å². The molecular weight excluding hydrogens is 355 g/mol. The van der Waals surface area contributed by atoms with Crippen LogP contribution in [0.25, 0.3) is 0 Å². The zero-order valence-corrected chi connectivity index (χ0v) is 12.0. The summed E-state index contributed by atoms with van der Waals surface area (Å²) in [6, 6.07) is 4.15. The molecule has 0 radical (unpaired) electrons. The van der Waals surface area contributed by atoms with Crippen LogP contribution in [0.5, 0.6) is 0 Å². The van der Waals surface area contributed by atoms with Crippen molar-refractivity contribution < 1.29 is 9.18 Å². The van der Waals surface area contributed by atoms with Crippen LogP contribution in [0.2, 0.25) is 0 Å². The van der Waals surface area contributed by atoms with E-state index in [-0.39, 0.29) is 17.1 Å². The molecule has 92 valence electrons. The normalized spacial score (nSPS) is 16.6. The van der Waals surface area contributed by atoms with Crippen LogP contribution in [0.1, 0.15) is 23.2 Å². The highest BCUT2D eigenvalue weighted by Crippen LogP contribution is 2.45. The topological polar surface area (TPSA) is 29.1 Å². The van der Waals surface area contributed by atoms with E-state index in [0.29, 0.717) is 21.6 Å². The van der Waals surface area contributed by atoms with Gasteiger partial charge in [0.25, 0.3) is 5.91 Å². The molecule has 1 aromatic rings. The molecular formula is C12H12ClFINO. The Balaban J connectivity index is 2.00. The Hall–Kier alpha value is -0.360. The van der Waals surface area contributed by atoms with Crippen molar-refractivity contribution in [3.05, 3.63) is 33.1 Å². The maximum atomic E-state index is 12.9. The number of carbonyl (C=O) groups excluding carboxylic acids is 1. The Labute approximate surface area is 118 Å². The van der Waals surface area contributed by atoms with Crippen molar-refractivity contribution in [2.75, 3.05) is 12.4 Å². The van der Waals surface area contributed by atoms with E-state index >= 15 is 0 Å². The molecule has 0 bridgehead atoms. The number of nitrogens with one attached hydrogen (secondary N) is 1. The molecule has 1 saturated carbocycles. The summed E-state index contributed by atoms with van der Waals surface area (Å²) in [5.74, 6) is 0.0875. The van der Waals surface area contributed by atoms with Gasteiger partial charge in [-0.2, -0.15) is 0 Å². The van der Waals surface area contributed by atoms with E-state index in [0.717, 1.165) is 12.8 Å². The summed E-state index contributed by atoms with van der Waals surface area (Å²) in [7, 11) is 0. The summed E-state index contributed by atoms with van der Waals surface area (Å²) < 4.78 is 13.5. The van der Waals surface area contributed by atoms with Crippen molar-refractivity contribution >= 4 is 40.1 Å². The summed E-state index contributed by atoms with van der Waals surface area (Å²) in [5, 5.41) is 2.86. The molecule has 0 saturated heterocycles. The number of alkyl halides is 1. The van der Waals surface area contributed by atoms with E-state index in [9.17, 15) is 9.18 Å². The Bertz CT molecular complexity index is 448. The molecule has 1 aromatic carbocycles. The van der Waals surface area contributed by atoms with E-state index in [4.69, 9.17) is 11.6 Å². The predicted molar refractivity (Wildman–Crippen MR) is 73.8 cm³/mol. The van der Waals surface area contributed by atoms with E-state index in [1.54, 1.807) is 0 Å². The number of halogens is 3. The largest absolute Gasteiger partial charge is 0.351 e. The van der Waals surface area contributed by atoms with E-state index in [1.165, 1.54) is 18.2 Å². The van der Waals surface area contributed by atoms with Gasteiger partial charge in [-0.15, -0.1) is 11.6 Å². The number of carbonyl (C=O) groups is 1. The third kappa shape index (κ3) is 3.10. The number of amides is 1. The summed E-state index contributed by atoms with van der Waals surface area (Å²) in [4.78, 5) is 11.9. The smallest absolute Gasteiger partial charge is 0.252 e. The lowest BCUT2D eigenvalue weighted by Crippen LogP contribution is -2.31. The third-order valence-corrected chi connectivity index (χ3v) is 4.50. The molecule has 0 aliphatic heterocycles. The van der Waals surface area contributed by atoms with Crippen molar-refractivity contribution in [1.29, 1.82) is 0 Å². The summed E-state index contributed by atoms with van der Waals surface area (Å²) in [6.07, 6.45) is 2.13. The zero-order valence-electron chi connectivity index (χ0n) is 9.10. The monoisotopic (exact) mass is 367 g/mol. The average Bonchev–Trinajstić information content (AvgIpc) is 3.07. The highest BCUT2D eigenvalue weighted by atomic mass is 127. The van der Waals surface area contributed by atoms with Crippen molar-refractivity contribution in [3.8, 4) is 0 Å². The molecule has 1 N–H and O–H groups in total. The van der Waals surface area contributed by atoms with Crippen molar-refractivity contribution in [1.82, 2.24) is 5.32 Å². The first-order chi connectivity index (χ1) is 8.06. The Kier molecular flexibility index (Phi) is 3.92. The van der Waals surface area contributed by atoms with Crippen LogP contribution in [-0.4, -0.2) is 18.3 Å². The fourth-order valence-corrected chi connectivity index (χ4v) is 2.66. The van der Waals surface area contributed by atoms with Crippen LogP contribution in [0, 0.1) is 14.8 Å². The standard InChI is InChI=1S/C12H12ClFINO/c13-6-12(3-4-12)7-16-11(17)9-2-1-8(14)5-10(9)15/h1-2,5H,3-4,6-7H2,(H,16,17). The highest BCUT2D eigenvalue weighted by Gasteiger charge is 2.41. The van der Waals surface area contributed by atoms with E-state index in [1.807, 2.05) is 22.6 Å². The van der Waals surface area contributed by atoms with Crippen molar-refractivity contribution in [3.63, 3.8) is 0 Å². The molecule has 1 amide bonds. The van der Waals surface area contributed by atoms with Gasteiger partial charge in [-0.1, -0.05) is 0 Å². The zero-order chi connectivity index (χ0) is 12.5. The lowest BCUT2D eigenvalue weighted by molar-refractivity contribution is 0.0945. The van der Waals surface area contributed by atoms with Crippen LogP contribution < -0.4 is 5.32 Å². The Morgan fingerprint density at radius 1 is 1.53 bits per heavy atom. The molecule has 0 heterocycles. The maximum absolute atomic E-state index is 12.9. The van der Waals surface area contributed by atoms with Gasteiger partial charge in [0.1, 0.15) is 5.82 Å². The second-order valence-electron chi connectivity index (χ2n) is 4.44. The SMILES string of the molecule is O=C(NCC1(CCl)CC1)c1ccc(F)cc1I. The molecule has 2 nitrogen and oxygen atoms in total. The fourth-order valence-electron chi connectivity index (χ4n) is 1.57. The molecule has 0 spiro atoms. The van der Waals surface area contributed by atoms with Gasteiger partial charge in [0, 0.05) is 21.4 Å². The molecule has 1 fully saturated rings. The number of benzene rings is 1. The highest BCUT2D eigenvalue weighted by molar-refractivity contribution is 14.1. The molecule has 1 aliphatic carbocycles. The van der Waals surface area contributed by atoms with Crippen LogP contribution in [0.15, 0.2) is 18.2 Å². The maximum Gasteiger partial charge on any atom is 0.252 e. The minimum atomic E-state index is -0.328. The van der Waals surface area contributed by atoms with Gasteiger partial charge < -0.3 is 5.32 Å². The number of hydrogen-bond acceptors (Lipinski definition) is 1. The van der Waals surface area contributed by atoms with Crippen LogP contribution in [0.3, 0.4) is 0 Å². The Morgan fingerprint density at radius 3 is 2.76 bits per heavy atom.